The van der Waals surface area contributed by atoms with Crippen LogP contribution < -0.4 is 20.5 Å². The highest BCUT2D eigenvalue weighted by Crippen LogP contribution is 2.29. The van der Waals surface area contributed by atoms with Gasteiger partial charge in [0.15, 0.2) is 11.5 Å². The first-order chi connectivity index (χ1) is 8.76. The van der Waals surface area contributed by atoms with Crippen LogP contribution in [0.15, 0.2) is 18.2 Å². The molecule has 1 atom stereocenters. The lowest BCUT2D eigenvalue weighted by Crippen LogP contribution is -2.28. The van der Waals surface area contributed by atoms with Crippen molar-refractivity contribution in [3.8, 4) is 23.3 Å². The molecule has 0 bridgehead atoms. The van der Waals surface area contributed by atoms with Gasteiger partial charge in [0, 0.05) is 12.6 Å². The largest absolute Gasteiger partial charge is 0.493 e. The van der Waals surface area contributed by atoms with Crippen molar-refractivity contribution in [1.29, 1.82) is 0 Å². The molecule has 1 aromatic carbocycles. The minimum atomic E-state index is 0.0608. The minimum absolute atomic E-state index is 0.0608. The molecule has 18 heavy (non-hydrogen) atoms. The van der Waals surface area contributed by atoms with Gasteiger partial charge in [-0.05, 0) is 24.6 Å². The van der Waals surface area contributed by atoms with Crippen LogP contribution in [0, 0.1) is 11.8 Å². The molecule has 0 saturated carbocycles. The number of methoxy groups -OCH3 is 2. The number of hydrogen-bond donors (Lipinski definition) is 2. The Labute approximate surface area is 108 Å². The Kier molecular flexibility index (Phi) is 6.06. The molecule has 0 spiro atoms. The maximum atomic E-state index is 5.77. The molecule has 0 saturated heterocycles. The van der Waals surface area contributed by atoms with E-state index in [4.69, 9.17) is 15.2 Å². The van der Waals surface area contributed by atoms with Crippen LogP contribution in [0.4, 0.5) is 0 Å². The fourth-order valence-corrected chi connectivity index (χ4v) is 1.67. The van der Waals surface area contributed by atoms with Gasteiger partial charge in [-0.3, -0.25) is 5.32 Å². The highest BCUT2D eigenvalue weighted by Gasteiger charge is 2.11. The quantitative estimate of drug-likeness (QED) is 0.745. The number of benzene rings is 1. The molecule has 0 amide bonds. The summed E-state index contributed by atoms with van der Waals surface area (Å²) in [6.07, 6.45) is 0. The van der Waals surface area contributed by atoms with E-state index >= 15 is 0 Å². The summed E-state index contributed by atoms with van der Waals surface area (Å²) in [5.41, 5.74) is 6.83. The van der Waals surface area contributed by atoms with Crippen molar-refractivity contribution in [3.63, 3.8) is 0 Å². The second-order valence-corrected chi connectivity index (χ2v) is 3.71. The van der Waals surface area contributed by atoms with Crippen LogP contribution in [0.3, 0.4) is 0 Å². The molecule has 1 aromatic rings. The standard InChI is InChI=1S/C14H20N2O2/c1-4-5-8-16-12(10-15)11-6-7-13(17-2)14(9-11)18-3/h6-7,9,12,16H,8,10,15H2,1-3H3. The summed E-state index contributed by atoms with van der Waals surface area (Å²) in [6, 6.07) is 5.85. The Balaban J connectivity index is 2.87. The van der Waals surface area contributed by atoms with E-state index in [2.05, 4.69) is 17.2 Å². The molecule has 0 heterocycles. The summed E-state index contributed by atoms with van der Waals surface area (Å²) in [5, 5.41) is 3.28. The van der Waals surface area contributed by atoms with Crippen molar-refractivity contribution in [1.82, 2.24) is 5.32 Å². The molecule has 4 nitrogen and oxygen atoms in total. The maximum absolute atomic E-state index is 5.77. The lowest BCUT2D eigenvalue weighted by atomic mass is 10.1. The van der Waals surface area contributed by atoms with Gasteiger partial charge in [-0.1, -0.05) is 12.0 Å². The predicted molar refractivity (Wildman–Crippen MR) is 72.8 cm³/mol. The van der Waals surface area contributed by atoms with Gasteiger partial charge in [0.25, 0.3) is 0 Å². The van der Waals surface area contributed by atoms with E-state index in [1.54, 1.807) is 14.2 Å². The van der Waals surface area contributed by atoms with Gasteiger partial charge in [0.05, 0.1) is 20.8 Å². The monoisotopic (exact) mass is 248 g/mol. The molecule has 0 radical (unpaired) electrons. The normalized spacial score (nSPS) is 11.3. The molecule has 3 N–H and O–H groups in total. The fourth-order valence-electron chi connectivity index (χ4n) is 1.67. The molecule has 1 unspecified atom stereocenters. The molecule has 0 aromatic heterocycles. The van der Waals surface area contributed by atoms with Crippen molar-refractivity contribution in [2.24, 2.45) is 5.73 Å². The molecule has 1 rings (SSSR count). The number of ether oxygens (including phenoxy) is 2. The molecule has 0 aliphatic rings. The van der Waals surface area contributed by atoms with E-state index in [9.17, 15) is 0 Å². The van der Waals surface area contributed by atoms with Gasteiger partial charge < -0.3 is 15.2 Å². The Morgan fingerprint density at radius 2 is 2.00 bits per heavy atom. The summed E-state index contributed by atoms with van der Waals surface area (Å²) in [5.74, 6) is 7.22. The Morgan fingerprint density at radius 3 is 2.56 bits per heavy atom. The number of nitrogens with two attached hydrogens (primary N) is 1. The minimum Gasteiger partial charge on any atom is -0.493 e. The second kappa shape index (κ2) is 7.59. The van der Waals surface area contributed by atoms with Gasteiger partial charge in [-0.2, -0.15) is 0 Å². The van der Waals surface area contributed by atoms with Crippen molar-refractivity contribution in [2.75, 3.05) is 27.3 Å². The summed E-state index contributed by atoms with van der Waals surface area (Å²) < 4.78 is 10.5. The third kappa shape index (κ3) is 3.66. The van der Waals surface area contributed by atoms with Crippen LogP contribution in [0.2, 0.25) is 0 Å². The topological polar surface area (TPSA) is 56.5 Å². The average Bonchev–Trinajstić information content (AvgIpc) is 2.43. The van der Waals surface area contributed by atoms with Crippen LogP contribution in [0.1, 0.15) is 18.5 Å². The highest BCUT2D eigenvalue weighted by atomic mass is 16.5. The first-order valence-electron chi connectivity index (χ1n) is 5.81. The number of hydrogen-bond acceptors (Lipinski definition) is 4. The smallest absolute Gasteiger partial charge is 0.161 e. The second-order valence-electron chi connectivity index (χ2n) is 3.71. The molecule has 4 heteroatoms. The van der Waals surface area contributed by atoms with Crippen molar-refractivity contribution in [3.05, 3.63) is 23.8 Å². The van der Waals surface area contributed by atoms with Gasteiger partial charge >= 0.3 is 0 Å². The van der Waals surface area contributed by atoms with Gasteiger partial charge in [0.1, 0.15) is 0 Å². The molecule has 0 fully saturated rings. The van der Waals surface area contributed by atoms with Crippen LogP contribution in [-0.2, 0) is 0 Å². The SMILES string of the molecule is CC#CCNC(CN)c1ccc(OC)c(OC)c1. The molecule has 0 aliphatic heterocycles. The summed E-state index contributed by atoms with van der Waals surface area (Å²) in [4.78, 5) is 0. The van der Waals surface area contributed by atoms with Crippen molar-refractivity contribution >= 4 is 0 Å². The van der Waals surface area contributed by atoms with Crippen molar-refractivity contribution < 1.29 is 9.47 Å². The van der Waals surface area contributed by atoms with E-state index in [1.807, 2.05) is 25.1 Å². The van der Waals surface area contributed by atoms with E-state index in [0.717, 1.165) is 5.56 Å². The number of rotatable bonds is 6. The Morgan fingerprint density at radius 1 is 1.28 bits per heavy atom. The third-order valence-corrected chi connectivity index (χ3v) is 2.66. The van der Waals surface area contributed by atoms with Gasteiger partial charge in [-0.25, -0.2) is 0 Å². The van der Waals surface area contributed by atoms with Gasteiger partial charge in [-0.15, -0.1) is 5.92 Å². The lowest BCUT2D eigenvalue weighted by molar-refractivity contribution is 0.354. The first-order valence-corrected chi connectivity index (χ1v) is 5.81. The lowest BCUT2D eigenvalue weighted by Gasteiger charge is -2.17. The van der Waals surface area contributed by atoms with Crippen LogP contribution >= 0.6 is 0 Å². The van der Waals surface area contributed by atoms with E-state index in [0.29, 0.717) is 24.6 Å². The molecule has 0 aliphatic carbocycles. The van der Waals surface area contributed by atoms with Crippen LogP contribution in [0.25, 0.3) is 0 Å². The summed E-state index contributed by atoms with van der Waals surface area (Å²) >= 11 is 0. The van der Waals surface area contributed by atoms with E-state index < -0.39 is 0 Å². The predicted octanol–water partition coefficient (Wildman–Crippen LogP) is 1.32. The van der Waals surface area contributed by atoms with Crippen LogP contribution in [-0.4, -0.2) is 27.3 Å². The third-order valence-electron chi connectivity index (χ3n) is 2.66. The Hall–Kier alpha value is -1.70. The van der Waals surface area contributed by atoms with E-state index in [1.165, 1.54) is 0 Å². The molecular weight excluding hydrogens is 228 g/mol. The summed E-state index contributed by atoms with van der Waals surface area (Å²) in [7, 11) is 3.24. The highest BCUT2D eigenvalue weighted by molar-refractivity contribution is 5.43. The Bertz CT molecular complexity index is 435. The maximum Gasteiger partial charge on any atom is 0.161 e. The summed E-state index contributed by atoms with van der Waals surface area (Å²) in [6.45, 7) is 2.93. The zero-order valence-electron chi connectivity index (χ0n) is 11.1. The zero-order chi connectivity index (χ0) is 13.4. The first kappa shape index (κ1) is 14.4. The number of nitrogens with one attached hydrogen (secondary N) is 1. The fraction of sp³-hybridized carbons (Fsp3) is 0.429. The molecular formula is C14H20N2O2. The van der Waals surface area contributed by atoms with Gasteiger partial charge in [0.2, 0.25) is 0 Å². The van der Waals surface area contributed by atoms with Crippen molar-refractivity contribution in [2.45, 2.75) is 13.0 Å². The zero-order valence-corrected chi connectivity index (χ0v) is 11.1. The van der Waals surface area contributed by atoms with E-state index in [-0.39, 0.29) is 6.04 Å². The molecule has 98 valence electrons. The average molecular weight is 248 g/mol. The van der Waals surface area contributed by atoms with Crippen LogP contribution in [0.5, 0.6) is 11.5 Å².